The molecule has 0 bridgehead atoms. The van der Waals surface area contributed by atoms with E-state index in [1.165, 1.54) is 19.1 Å². The zero-order chi connectivity index (χ0) is 23.1. The van der Waals surface area contributed by atoms with Gasteiger partial charge >= 0.3 is 0 Å². The number of benzene rings is 1. The Kier molecular flexibility index (Phi) is 8.39. The average molecular weight is 444 g/mol. The Hall–Kier alpha value is -2.74. The summed E-state index contributed by atoms with van der Waals surface area (Å²) in [7, 11) is 0. The van der Waals surface area contributed by atoms with Gasteiger partial charge in [0, 0.05) is 71.0 Å². The van der Waals surface area contributed by atoms with Crippen LogP contribution in [-0.2, 0) is 22.7 Å². The molecule has 1 aromatic heterocycles. The van der Waals surface area contributed by atoms with Gasteiger partial charge in [0.2, 0.25) is 11.8 Å². The Labute approximate surface area is 189 Å². The van der Waals surface area contributed by atoms with Crippen LogP contribution in [0.2, 0.25) is 0 Å². The number of carbonyl (C=O) groups is 2. The van der Waals surface area contributed by atoms with Crippen LogP contribution >= 0.6 is 0 Å². The highest BCUT2D eigenvalue weighted by Gasteiger charge is 2.23. The van der Waals surface area contributed by atoms with Gasteiger partial charge in [-0.2, -0.15) is 5.10 Å². The van der Waals surface area contributed by atoms with Crippen LogP contribution in [0.3, 0.4) is 0 Å². The summed E-state index contributed by atoms with van der Waals surface area (Å²) in [6.07, 6.45) is 5.51. The molecule has 0 aliphatic carbocycles. The van der Waals surface area contributed by atoms with Gasteiger partial charge in [0.15, 0.2) is 0 Å². The van der Waals surface area contributed by atoms with Crippen molar-refractivity contribution in [1.82, 2.24) is 19.6 Å². The zero-order valence-electron chi connectivity index (χ0n) is 19.3. The monoisotopic (exact) mass is 443 g/mol. The van der Waals surface area contributed by atoms with Crippen molar-refractivity contribution in [1.29, 1.82) is 0 Å². The van der Waals surface area contributed by atoms with E-state index in [-0.39, 0.29) is 17.6 Å². The van der Waals surface area contributed by atoms with E-state index in [4.69, 9.17) is 0 Å². The highest BCUT2D eigenvalue weighted by molar-refractivity contribution is 5.92. The Morgan fingerprint density at radius 3 is 2.66 bits per heavy atom. The minimum Gasteiger partial charge on any atom is -0.337 e. The van der Waals surface area contributed by atoms with Gasteiger partial charge in [-0.1, -0.05) is 6.07 Å². The molecule has 0 fully saturated rings. The quantitative estimate of drug-likeness (QED) is 0.712. The second-order valence-electron chi connectivity index (χ2n) is 8.61. The first kappa shape index (κ1) is 23.9. The van der Waals surface area contributed by atoms with Gasteiger partial charge < -0.3 is 9.80 Å². The Morgan fingerprint density at radius 2 is 1.97 bits per heavy atom. The number of aryl methyl sites for hydroxylation is 1. The number of nitrogens with zero attached hydrogens (tertiary/aromatic N) is 5. The van der Waals surface area contributed by atoms with Crippen molar-refractivity contribution >= 4 is 17.5 Å². The zero-order valence-corrected chi connectivity index (χ0v) is 19.3. The third kappa shape index (κ3) is 6.38. The van der Waals surface area contributed by atoms with Crippen LogP contribution in [0.25, 0.3) is 0 Å². The number of halogens is 1. The molecule has 3 rings (SSSR count). The standard InChI is InChI=1S/C24H34FN5O2/c1-19(2)27-11-6-14-30(20(3)31)23-17-22(25)9-8-21(23)18-28(16-15-27)24(32)7-4-12-29-13-5-10-26-29/h5,8-10,13,17,19H,4,6-7,11-12,14-16,18H2,1-3H3. The van der Waals surface area contributed by atoms with E-state index in [0.717, 1.165) is 25.1 Å². The summed E-state index contributed by atoms with van der Waals surface area (Å²) in [6, 6.07) is 6.71. The van der Waals surface area contributed by atoms with Crippen LogP contribution in [0.15, 0.2) is 36.7 Å². The number of hydrogen-bond acceptors (Lipinski definition) is 4. The van der Waals surface area contributed by atoms with E-state index in [1.54, 1.807) is 17.2 Å². The third-order valence-electron chi connectivity index (χ3n) is 5.98. The van der Waals surface area contributed by atoms with Gasteiger partial charge in [-0.25, -0.2) is 4.39 Å². The van der Waals surface area contributed by atoms with E-state index < -0.39 is 0 Å². The molecule has 0 atom stereocenters. The summed E-state index contributed by atoms with van der Waals surface area (Å²) in [6.45, 7) is 9.52. The van der Waals surface area contributed by atoms with Crippen molar-refractivity contribution in [2.45, 2.75) is 59.2 Å². The summed E-state index contributed by atoms with van der Waals surface area (Å²) >= 11 is 0. The van der Waals surface area contributed by atoms with Crippen molar-refractivity contribution < 1.29 is 14.0 Å². The summed E-state index contributed by atoms with van der Waals surface area (Å²) < 4.78 is 15.9. The first-order valence-electron chi connectivity index (χ1n) is 11.4. The van der Waals surface area contributed by atoms with Crippen molar-refractivity contribution in [3.63, 3.8) is 0 Å². The van der Waals surface area contributed by atoms with Crippen LogP contribution < -0.4 is 4.90 Å². The lowest BCUT2D eigenvalue weighted by Gasteiger charge is -2.30. The summed E-state index contributed by atoms with van der Waals surface area (Å²) in [5, 5.41) is 4.19. The number of fused-ring (bicyclic) bond motifs is 1. The number of carbonyl (C=O) groups excluding carboxylic acids is 2. The number of anilines is 1. The summed E-state index contributed by atoms with van der Waals surface area (Å²) in [5.41, 5.74) is 1.35. The maximum atomic E-state index is 14.1. The van der Waals surface area contributed by atoms with E-state index in [9.17, 15) is 14.0 Å². The molecule has 0 unspecified atom stereocenters. The fraction of sp³-hybridized carbons (Fsp3) is 0.542. The third-order valence-corrected chi connectivity index (χ3v) is 5.98. The van der Waals surface area contributed by atoms with Crippen molar-refractivity contribution in [2.75, 3.05) is 31.1 Å². The molecule has 8 heteroatoms. The lowest BCUT2D eigenvalue weighted by molar-refractivity contribution is -0.132. The molecular weight excluding hydrogens is 409 g/mol. The van der Waals surface area contributed by atoms with Crippen LogP contribution in [0.1, 0.15) is 45.6 Å². The summed E-state index contributed by atoms with van der Waals surface area (Å²) in [5.74, 6) is -0.445. The molecule has 174 valence electrons. The van der Waals surface area contributed by atoms with Gasteiger partial charge in [-0.15, -0.1) is 0 Å². The highest BCUT2D eigenvalue weighted by atomic mass is 19.1. The molecule has 7 nitrogen and oxygen atoms in total. The van der Waals surface area contributed by atoms with Crippen LogP contribution in [-0.4, -0.2) is 63.6 Å². The van der Waals surface area contributed by atoms with Gasteiger partial charge in [-0.05, 0) is 50.5 Å². The normalized spacial score (nSPS) is 16.0. The van der Waals surface area contributed by atoms with Crippen LogP contribution in [0, 0.1) is 5.82 Å². The van der Waals surface area contributed by atoms with Crippen LogP contribution in [0.4, 0.5) is 10.1 Å². The molecule has 1 aliphatic rings. The van der Waals surface area contributed by atoms with Gasteiger partial charge in [0.1, 0.15) is 5.82 Å². The number of hydrogen-bond donors (Lipinski definition) is 0. The van der Waals surface area contributed by atoms with E-state index in [2.05, 4.69) is 23.8 Å². The lowest BCUT2D eigenvalue weighted by atomic mass is 10.1. The average Bonchev–Trinajstić information content (AvgIpc) is 3.24. The second-order valence-corrected chi connectivity index (χ2v) is 8.61. The molecule has 32 heavy (non-hydrogen) atoms. The Morgan fingerprint density at radius 1 is 1.16 bits per heavy atom. The summed E-state index contributed by atoms with van der Waals surface area (Å²) in [4.78, 5) is 31.4. The fourth-order valence-corrected chi connectivity index (χ4v) is 4.16. The SMILES string of the molecule is CC(=O)N1CCCN(C(C)C)CCN(C(=O)CCCn2cccn2)Cc2ccc(F)cc21. The first-order chi connectivity index (χ1) is 15.3. The number of aromatic nitrogens is 2. The van der Waals surface area contributed by atoms with E-state index in [0.29, 0.717) is 50.7 Å². The van der Waals surface area contributed by atoms with Crippen molar-refractivity contribution in [2.24, 2.45) is 0 Å². The number of amides is 2. The van der Waals surface area contributed by atoms with Gasteiger partial charge in [-0.3, -0.25) is 19.2 Å². The maximum absolute atomic E-state index is 14.1. The Bertz CT molecular complexity index is 900. The molecule has 0 N–H and O–H groups in total. The highest BCUT2D eigenvalue weighted by Crippen LogP contribution is 2.25. The predicted octanol–water partition coefficient (Wildman–Crippen LogP) is 3.30. The number of rotatable bonds is 5. The molecule has 2 aromatic rings. The minimum absolute atomic E-state index is 0.0600. The molecule has 0 radical (unpaired) electrons. The molecule has 2 amide bonds. The van der Waals surface area contributed by atoms with Gasteiger partial charge in [0.25, 0.3) is 0 Å². The van der Waals surface area contributed by atoms with E-state index >= 15 is 0 Å². The van der Waals surface area contributed by atoms with Crippen molar-refractivity contribution in [3.05, 3.63) is 48.0 Å². The molecule has 0 spiro atoms. The fourth-order valence-electron chi connectivity index (χ4n) is 4.16. The Balaban J connectivity index is 1.83. The van der Waals surface area contributed by atoms with Gasteiger partial charge in [0.05, 0.1) is 5.69 Å². The molecule has 1 aliphatic heterocycles. The lowest BCUT2D eigenvalue weighted by Crippen LogP contribution is -2.41. The molecule has 0 saturated carbocycles. The molecule has 0 saturated heterocycles. The topological polar surface area (TPSA) is 61.7 Å². The molecular formula is C24H34FN5O2. The minimum atomic E-state index is -0.384. The molecule has 2 heterocycles. The van der Waals surface area contributed by atoms with E-state index in [1.807, 2.05) is 21.8 Å². The molecule has 1 aromatic carbocycles. The first-order valence-corrected chi connectivity index (χ1v) is 11.4. The van der Waals surface area contributed by atoms with Crippen LogP contribution in [0.5, 0.6) is 0 Å². The predicted molar refractivity (Wildman–Crippen MR) is 123 cm³/mol. The maximum Gasteiger partial charge on any atom is 0.223 e. The van der Waals surface area contributed by atoms with Crippen molar-refractivity contribution in [3.8, 4) is 0 Å². The smallest absolute Gasteiger partial charge is 0.223 e. The largest absolute Gasteiger partial charge is 0.337 e. The second kappa shape index (κ2) is 11.2.